The van der Waals surface area contributed by atoms with Gasteiger partial charge in [-0.25, -0.2) is 8.42 Å². The molecule has 1 heterocycles. The Morgan fingerprint density at radius 3 is 2.55 bits per heavy atom. The minimum atomic E-state index is -2.85. The van der Waals surface area contributed by atoms with E-state index < -0.39 is 9.84 Å². The van der Waals surface area contributed by atoms with Crippen LogP contribution in [0.3, 0.4) is 0 Å². The molecule has 0 saturated carbocycles. The van der Waals surface area contributed by atoms with Gasteiger partial charge in [-0.3, -0.25) is 4.90 Å². The number of hydrogen-bond donors (Lipinski definition) is 0. The fraction of sp³-hybridized carbons (Fsp3) is 0.533. The molecule has 0 radical (unpaired) electrons. The number of nitriles is 1. The van der Waals surface area contributed by atoms with E-state index in [2.05, 4.69) is 17.9 Å². The molecule has 1 aromatic carbocycles. The number of rotatable bonds is 5. The van der Waals surface area contributed by atoms with Crippen LogP contribution in [-0.4, -0.2) is 37.4 Å². The third-order valence-electron chi connectivity index (χ3n) is 3.70. The zero-order valence-corrected chi connectivity index (χ0v) is 12.6. The summed E-state index contributed by atoms with van der Waals surface area (Å²) in [5.41, 5.74) is 1.78. The maximum absolute atomic E-state index is 11.6. The molecule has 5 heteroatoms. The Morgan fingerprint density at radius 2 is 2.05 bits per heavy atom. The summed E-state index contributed by atoms with van der Waals surface area (Å²) in [6.07, 6.45) is 1.74. The van der Waals surface area contributed by atoms with Crippen LogP contribution >= 0.6 is 0 Å². The van der Waals surface area contributed by atoms with E-state index in [0.29, 0.717) is 11.3 Å². The maximum Gasteiger partial charge on any atom is 0.151 e. The molecule has 1 fully saturated rings. The Kier molecular flexibility index (Phi) is 4.79. The van der Waals surface area contributed by atoms with Crippen LogP contribution < -0.4 is 0 Å². The second-order valence-corrected chi connectivity index (χ2v) is 7.56. The first-order chi connectivity index (χ1) is 9.54. The second kappa shape index (κ2) is 6.38. The van der Waals surface area contributed by atoms with Crippen molar-refractivity contribution in [2.24, 2.45) is 0 Å². The van der Waals surface area contributed by atoms with E-state index in [9.17, 15) is 8.42 Å². The minimum absolute atomic E-state index is 0.135. The fourth-order valence-electron chi connectivity index (χ4n) is 2.66. The van der Waals surface area contributed by atoms with Crippen molar-refractivity contribution in [2.75, 3.05) is 18.1 Å². The summed E-state index contributed by atoms with van der Waals surface area (Å²) in [6, 6.07) is 9.76. The number of hydrogen-bond acceptors (Lipinski definition) is 4. The van der Waals surface area contributed by atoms with E-state index in [4.69, 9.17) is 5.26 Å². The first kappa shape index (κ1) is 15.0. The molecule has 1 saturated heterocycles. The molecule has 108 valence electrons. The lowest BCUT2D eigenvalue weighted by atomic mass is 10.1. The molecule has 0 aliphatic carbocycles. The molecule has 1 aromatic rings. The van der Waals surface area contributed by atoms with Crippen molar-refractivity contribution >= 4 is 9.84 Å². The normalized spacial score (nSPS) is 20.9. The third kappa shape index (κ3) is 3.81. The van der Waals surface area contributed by atoms with Gasteiger partial charge >= 0.3 is 0 Å². The summed E-state index contributed by atoms with van der Waals surface area (Å²) in [7, 11) is -2.85. The van der Waals surface area contributed by atoms with Gasteiger partial charge in [-0.2, -0.15) is 5.26 Å². The SMILES string of the molecule is CCCN(Cc1ccc(C#N)cc1)C1CCS(=O)(=O)C1. The van der Waals surface area contributed by atoms with Gasteiger partial charge in [0.2, 0.25) is 0 Å². The molecule has 0 aromatic heterocycles. The lowest BCUT2D eigenvalue weighted by Gasteiger charge is -2.27. The van der Waals surface area contributed by atoms with Crippen LogP contribution in [0.25, 0.3) is 0 Å². The Balaban J connectivity index is 2.07. The average Bonchev–Trinajstić information content (AvgIpc) is 2.79. The smallest absolute Gasteiger partial charge is 0.151 e. The van der Waals surface area contributed by atoms with Gasteiger partial charge in [-0.15, -0.1) is 0 Å². The predicted octanol–water partition coefficient (Wildman–Crippen LogP) is 1.96. The summed E-state index contributed by atoms with van der Waals surface area (Å²) in [4.78, 5) is 2.26. The van der Waals surface area contributed by atoms with E-state index in [1.54, 1.807) is 0 Å². The molecule has 0 bridgehead atoms. The van der Waals surface area contributed by atoms with Crippen LogP contribution in [0, 0.1) is 11.3 Å². The van der Waals surface area contributed by atoms with Crippen LogP contribution in [0.4, 0.5) is 0 Å². The van der Waals surface area contributed by atoms with E-state index >= 15 is 0 Å². The maximum atomic E-state index is 11.6. The minimum Gasteiger partial charge on any atom is -0.295 e. The Labute approximate surface area is 120 Å². The Hall–Kier alpha value is -1.38. The van der Waals surface area contributed by atoms with Crippen LogP contribution in [0.5, 0.6) is 0 Å². The Bertz CT molecular complexity index is 587. The van der Waals surface area contributed by atoms with E-state index in [-0.39, 0.29) is 11.8 Å². The summed E-state index contributed by atoms with van der Waals surface area (Å²) in [6.45, 7) is 3.76. The van der Waals surface area contributed by atoms with Gasteiger partial charge in [-0.1, -0.05) is 19.1 Å². The van der Waals surface area contributed by atoms with Crippen LogP contribution in [0.2, 0.25) is 0 Å². The van der Waals surface area contributed by atoms with E-state index in [1.165, 1.54) is 0 Å². The lowest BCUT2D eigenvalue weighted by Crippen LogP contribution is -2.36. The largest absolute Gasteiger partial charge is 0.295 e. The summed E-state index contributed by atoms with van der Waals surface area (Å²) >= 11 is 0. The van der Waals surface area contributed by atoms with Crippen molar-refractivity contribution < 1.29 is 8.42 Å². The molecule has 1 aliphatic rings. The zero-order chi connectivity index (χ0) is 14.6. The molecular weight excluding hydrogens is 272 g/mol. The van der Waals surface area contributed by atoms with Crippen molar-refractivity contribution in [1.29, 1.82) is 5.26 Å². The highest BCUT2D eigenvalue weighted by molar-refractivity contribution is 7.91. The van der Waals surface area contributed by atoms with Gasteiger partial charge in [0.25, 0.3) is 0 Å². The molecule has 2 rings (SSSR count). The topological polar surface area (TPSA) is 61.2 Å². The molecule has 1 unspecified atom stereocenters. The standard InChI is InChI=1S/C15H20N2O2S/c1-2-8-17(15-7-9-20(18,19)12-15)11-14-5-3-13(10-16)4-6-14/h3-6,15H,2,7-9,11-12H2,1H3. The molecule has 4 nitrogen and oxygen atoms in total. The molecule has 20 heavy (non-hydrogen) atoms. The highest BCUT2D eigenvalue weighted by Crippen LogP contribution is 2.20. The van der Waals surface area contributed by atoms with Gasteiger partial charge in [-0.05, 0) is 37.1 Å². The van der Waals surface area contributed by atoms with Crippen LogP contribution in [-0.2, 0) is 16.4 Å². The van der Waals surface area contributed by atoms with Gasteiger partial charge in [0.05, 0.1) is 23.1 Å². The number of sulfone groups is 1. The van der Waals surface area contributed by atoms with Crippen LogP contribution in [0.15, 0.2) is 24.3 Å². The summed E-state index contributed by atoms with van der Waals surface area (Å²) < 4.78 is 23.2. The highest BCUT2D eigenvalue weighted by atomic mass is 32.2. The van der Waals surface area contributed by atoms with Gasteiger partial charge in [0.15, 0.2) is 9.84 Å². The van der Waals surface area contributed by atoms with Crippen molar-refractivity contribution in [2.45, 2.75) is 32.4 Å². The van der Waals surface area contributed by atoms with E-state index in [0.717, 1.165) is 31.5 Å². The van der Waals surface area contributed by atoms with Crippen LogP contribution in [0.1, 0.15) is 30.9 Å². The lowest BCUT2D eigenvalue weighted by molar-refractivity contribution is 0.204. The first-order valence-electron chi connectivity index (χ1n) is 6.97. The predicted molar refractivity (Wildman–Crippen MR) is 78.9 cm³/mol. The summed E-state index contributed by atoms with van der Waals surface area (Å²) in [5.74, 6) is 0.592. The average molecular weight is 292 g/mol. The van der Waals surface area contributed by atoms with Gasteiger partial charge < -0.3 is 0 Å². The molecule has 1 aliphatic heterocycles. The van der Waals surface area contributed by atoms with E-state index in [1.807, 2.05) is 24.3 Å². The van der Waals surface area contributed by atoms with Crippen molar-refractivity contribution in [3.63, 3.8) is 0 Å². The van der Waals surface area contributed by atoms with Crippen molar-refractivity contribution in [1.82, 2.24) is 4.90 Å². The van der Waals surface area contributed by atoms with Crippen molar-refractivity contribution in [3.8, 4) is 6.07 Å². The highest BCUT2D eigenvalue weighted by Gasteiger charge is 2.31. The molecule has 0 spiro atoms. The van der Waals surface area contributed by atoms with Gasteiger partial charge in [0, 0.05) is 12.6 Å². The Morgan fingerprint density at radius 1 is 1.35 bits per heavy atom. The second-order valence-electron chi connectivity index (χ2n) is 5.34. The molecular formula is C15H20N2O2S. The summed E-state index contributed by atoms with van der Waals surface area (Å²) in [5, 5.41) is 8.80. The quantitative estimate of drug-likeness (QED) is 0.832. The third-order valence-corrected chi connectivity index (χ3v) is 5.45. The van der Waals surface area contributed by atoms with Gasteiger partial charge in [0.1, 0.15) is 0 Å². The molecule has 1 atom stereocenters. The van der Waals surface area contributed by atoms with Crippen molar-refractivity contribution in [3.05, 3.63) is 35.4 Å². The molecule has 0 amide bonds. The fourth-order valence-corrected chi connectivity index (χ4v) is 4.42. The molecule has 0 N–H and O–H groups in total. The number of nitrogens with zero attached hydrogens (tertiary/aromatic N) is 2. The monoisotopic (exact) mass is 292 g/mol. The first-order valence-corrected chi connectivity index (χ1v) is 8.79. The zero-order valence-electron chi connectivity index (χ0n) is 11.7. The number of benzene rings is 1.